The number of benzene rings is 1. The molecule has 0 aliphatic carbocycles. The molecule has 0 saturated carbocycles. The van der Waals surface area contributed by atoms with Crippen molar-refractivity contribution >= 4 is 15.7 Å². The van der Waals surface area contributed by atoms with Gasteiger partial charge in [-0.15, -0.1) is 0 Å². The number of hydrogen-bond acceptors (Lipinski definition) is 4. The fraction of sp³-hybridized carbons (Fsp3) is 0.571. The van der Waals surface area contributed by atoms with Crippen molar-refractivity contribution in [1.82, 2.24) is 9.21 Å². The first-order valence-electron chi connectivity index (χ1n) is 7.04. The van der Waals surface area contributed by atoms with Crippen LogP contribution in [0.5, 0.6) is 0 Å². The Morgan fingerprint density at radius 1 is 1.20 bits per heavy atom. The molecule has 0 bridgehead atoms. The first-order valence-corrected chi connectivity index (χ1v) is 8.48. The van der Waals surface area contributed by atoms with E-state index in [1.807, 2.05) is 0 Å². The van der Waals surface area contributed by atoms with E-state index in [1.165, 1.54) is 0 Å². The van der Waals surface area contributed by atoms with Gasteiger partial charge in [0, 0.05) is 26.2 Å². The second kappa shape index (κ2) is 6.11. The zero-order valence-corrected chi connectivity index (χ0v) is 13.0. The van der Waals surface area contributed by atoms with Gasteiger partial charge < -0.3 is 10.6 Å². The molecule has 112 valence electrons. The molecule has 0 radical (unpaired) electrons. The highest BCUT2D eigenvalue weighted by Gasteiger charge is 2.30. The summed E-state index contributed by atoms with van der Waals surface area (Å²) in [4.78, 5) is 2.57. The predicted molar refractivity (Wildman–Crippen MR) is 81.1 cm³/mol. The summed E-state index contributed by atoms with van der Waals surface area (Å²) in [6.45, 7) is 7.61. The predicted octanol–water partition coefficient (Wildman–Crippen LogP) is 1.29. The molecule has 0 amide bonds. The van der Waals surface area contributed by atoms with Crippen molar-refractivity contribution in [2.75, 3.05) is 38.5 Å². The van der Waals surface area contributed by atoms with Crippen LogP contribution in [0.2, 0.25) is 0 Å². The lowest BCUT2D eigenvalue weighted by atomic mass is 10.2. The molecule has 1 aliphatic heterocycles. The number of nitrogens with zero attached hydrogens (tertiary/aromatic N) is 2. The second-order valence-corrected chi connectivity index (χ2v) is 7.11. The summed E-state index contributed by atoms with van der Waals surface area (Å²) in [5.74, 6) is 0. The normalized spacial score (nSPS) is 18.3. The van der Waals surface area contributed by atoms with Crippen LogP contribution < -0.4 is 5.73 Å². The van der Waals surface area contributed by atoms with Crippen molar-refractivity contribution in [3.05, 3.63) is 23.8 Å². The largest absolute Gasteiger partial charge is 0.398 e. The van der Waals surface area contributed by atoms with E-state index in [4.69, 9.17) is 5.73 Å². The number of rotatable bonds is 4. The Hall–Kier alpha value is -1.11. The van der Waals surface area contributed by atoms with Gasteiger partial charge in [0.1, 0.15) is 4.90 Å². The zero-order valence-electron chi connectivity index (χ0n) is 12.2. The third kappa shape index (κ3) is 2.97. The second-order valence-electron chi connectivity index (χ2n) is 5.24. The lowest BCUT2D eigenvalue weighted by Crippen LogP contribution is -2.48. The van der Waals surface area contributed by atoms with Crippen molar-refractivity contribution in [3.63, 3.8) is 0 Å². The van der Waals surface area contributed by atoms with Crippen molar-refractivity contribution in [2.24, 2.45) is 0 Å². The number of hydrogen-bond donors (Lipinski definition) is 1. The van der Waals surface area contributed by atoms with Crippen LogP contribution in [0.15, 0.2) is 23.1 Å². The minimum Gasteiger partial charge on any atom is -0.398 e. The van der Waals surface area contributed by atoms with Crippen LogP contribution >= 0.6 is 0 Å². The monoisotopic (exact) mass is 297 g/mol. The van der Waals surface area contributed by atoms with Crippen LogP contribution in [0.25, 0.3) is 0 Å². The van der Waals surface area contributed by atoms with Crippen LogP contribution in [0.1, 0.15) is 18.9 Å². The summed E-state index contributed by atoms with van der Waals surface area (Å²) in [5, 5.41) is 0. The van der Waals surface area contributed by atoms with Crippen LogP contribution in [-0.4, -0.2) is 50.3 Å². The smallest absolute Gasteiger partial charge is 0.245 e. The first kappa shape index (κ1) is 15.3. The van der Waals surface area contributed by atoms with Gasteiger partial charge in [-0.2, -0.15) is 4.31 Å². The van der Waals surface area contributed by atoms with Gasteiger partial charge in [-0.05, 0) is 31.5 Å². The van der Waals surface area contributed by atoms with Gasteiger partial charge >= 0.3 is 0 Å². The summed E-state index contributed by atoms with van der Waals surface area (Å²) >= 11 is 0. The Balaban J connectivity index is 2.20. The molecule has 1 fully saturated rings. The molecule has 1 aromatic carbocycles. The maximum atomic E-state index is 12.7. The fourth-order valence-corrected chi connectivity index (χ4v) is 4.41. The summed E-state index contributed by atoms with van der Waals surface area (Å²) in [5.41, 5.74) is 6.92. The molecule has 2 N–H and O–H groups in total. The summed E-state index contributed by atoms with van der Waals surface area (Å²) in [6, 6.07) is 5.21. The third-order valence-corrected chi connectivity index (χ3v) is 5.83. The molecule has 0 spiro atoms. The molecule has 5 nitrogen and oxygen atoms in total. The van der Waals surface area contributed by atoms with E-state index in [9.17, 15) is 8.42 Å². The highest BCUT2D eigenvalue weighted by atomic mass is 32.2. The first-order chi connectivity index (χ1) is 9.46. The van der Waals surface area contributed by atoms with Gasteiger partial charge in [0.15, 0.2) is 0 Å². The van der Waals surface area contributed by atoms with Crippen LogP contribution in [0.4, 0.5) is 5.69 Å². The van der Waals surface area contributed by atoms with Crippen LogP contribution in [0.3, 0.4) is 0 Å². The number of nitrogen functional groups attached to an aromatic ring is 1. The molecule has 6 heteroatoms. The van der Waals surface area contributed by atoms with Gasteiger partial charge in [0.2, 0.25) is 10.0 Å². The number of nitrogens with two attached hydrogens (primary N) is 1. The van der Waals surface area contributed by atoms with Gasteiger partial charge in [-0.3, -0.25) is 0 Å². The standard InChI is InChI=1S/C14H23N3O2S/c1-3-7-16-8-10-17(11-9-16)20(18,19)14-12(2)5-4-6-13(14)15/h4-6H,3,7-11,15H2,1-2H3. The maximum Gasteiger partial charge on any atom is 0.245 e. The van der Waals surface area contributed by atoms with E-state index in [1.54, 1.807) is 29.4 Å². The molecule has 1 saturated heterocycles. The van der Waals surface area contributed by atoms with Crippen molar-refractivity contribution < 1.29 is 8.42 Å². The molecule has 0 atom stereocenters. The molecule has 1 heterocycles. The highest BCUT2D eigenvalue weighted by Crippen LogP contribution is 2.26. The Kier molecular flexibility index (Phi) is 4.67. The number of piperazine rings is 1. The molecular weight excluding hydrogens is 274 g/mol. The number of sulfonamides is 1. The minimum atomic E-state index is -3.48. The van der Waals surface area contributed by atoms with Gasteiger partial charge in [0.25, 0.3) is 0 Å². The summed E-state index contributed by atoms with van der Waals surface area (Å²) in [7, 11) is -3.48. The fourth-order valence-electron chi connectivity index (χ4n) is 2.67. The Morgan fingerprint density at radius 3 is 2.40 bits per heavy atom. The Morgan fingerprint density at radius 2 is 1.85 bits per heavy atom. The van der Waals surface area contributed by atoms with E-state index in [0.29, 0.717) is 24.3 Å². The highest BCUT2D eigenvalue weighted by molar-refractivity contribution is 7.89. The molecule has 20 heavy (non-hydrogen) atoms. The Labute approximate surface area is 121 Å². The molecule has 1 aromatic rings. The number of anilines is 1. The number of aryl methyl sites for hydroxylation is 1. The SMILES string of the molecule is CCCN1CCN(S(=O)(=O)c2c(C)cccc2N)CC1. The molecule has 1 aliphatic rings. The lowest BCUT2D eigenvalue weighted by Gasteiger charge is -2.34. The quantitative estimate of drug-likeness (QED) is 0.851. The molecule has 0 aromatic heterocycles. The van der Waals surface area contributed by atoms with Gasteiger partial charge in [-0.1, -0.05) is 19.1 Å². The van der Waals surface area contributed by atoms with Crippen molar-refractivity contribution in [3.8, 4) is 0 Å². The average Bonchev–Trinajstić information content (AvgIpc) is 2.39. The van der Waals surface area contributed by atoms with Gasteiger partial charge in [0.05, 0.1) is 5.69 Å². The van der Waals surface area contributed by atoms with Crippen molar-refractivity contribution in [1.29, 1.82) is 0 Å². The zero-order chi connectivity index (χ0) is 14.8. The van der Waals surface area contributed by atoms with Crippen molar-refractivity contribution in [2.45, 2.75) is 25.2 Å². The average molecular weight is 297 g/mol. The van der Waals surface area contributed by atoms with E-state index in [2.05, 4.69) is 11.8 Å². The maximum absolute atomic E-state index is 12.7. The minimum absolute atomic E-state index is 0.268. The van der Waals surface area contributed by atoms with E-state index in [0.717, 1.165) is 26.1 Å². The summed E-state index contributed by atoms with van der Waals surface area (Å²) < 4.78 is 27.0. The molecule has 0 unspecified atom stereocenters. The molecular formula is C14H23N3O2S. The van der Waals surface area contributed by atoms with Crippen LogP contribution in [-0.2, 0) is 10.0 Å². The topological polar surface area (TPSA) is 66.6 Å². The lowest BCUT2D eigenvalue weighted by molar-refractivity contribution is 0.188. The van der Waals surface area contributed by atoms with E-state index >= 15 is 0 Å². The van der Waals surface area contributed by atoms with Gasteiger partial charge in [-0.25, -0.2) is 8.42 Å². The third-order valence-electron chi connectivity index (χ3n) is 3.71. The molecule has 2 rings (SSSR count). The van der Waals surface area contributed by atoms with E-state index in [-0.39, 0.29) is 4.90 Å². The summed E-state index contributed by atoms with van der Waals surface area (Å²) in [6.07, 6.45) is 1.09. The Bertz CT molecular complexity index is 544. The van der Waals surface area contributed by atoms with Crippen LogP contribution in [0, 0.1) is 6.92 Å². The van der Waals surface area contributed by atoms with E-state index < -0.39 is 10.0 Å².